The number of benzene rings is 2. The molecule has 5 aliphatic heterocycles. The second-order valence-electron chi connectivity index (χ2n) is 14.1. The summed E-state index contributed by atoms with van der Waals surface area (Å²) in [6.45, 7) is 4.29. The molecule has 5 aliphatic rings. The molecule has 0 spiro atoms. The van der Waals surface area contributed by atoms with Gasteiger partial charge >= 0.3 is 6.01 Å². The molecule has 9 nitrogen and oxygen atoms in total. The molecule has 2 bridgehead atoms. The lowest BCUT2D eigenvalue weighted by Gasteiger charge is -2.44. The van der Waals surface area contributed by atoms with Crippen LogP contribution in [-0.4, -0.2) is 95.6 Å². The molecule has 0 amide bonds. The first-order chi connectivity index (χ1) is 23.7. The molecule has 2 aromatic carbocycles. The number of nitrogens with zero attached hydrogens (tertiary/aromatic N) is 6. The fourth-order valence-corrected chi connectivity index (χ4v) is 10.6. The van der Waals surface area contributed by atoms with Gasteiger partial charge in [-0.3, -0.25) is 9.80 Å². The normalized spacial score (nSPS) is 28.6. The number of nitrogen functional groups attached to an aromatic ring is 1. The summed E-state index contributed by atoms with van der Waals surface area (Å²) in [5.41, 5.74) is 5.98. The van der Waals surface area contributed by atoms with Crippen LogP contribution in [0.5, 0.6) is 6.01 Å². The zero-order valence-electron chi connectivity index (χ0n) is 26.7. The minimum atomic E-state index is -0.923. The van der Waals surface area contributed by atoms with E-state index in [4.69, 9.17) is 31.8 Å². The molecule has 0 radical (unpaired) electrons. The lowest BCUT2D eigenvalue weighted by atomic mass is 9.95. The van der Waals surface area contributed by atoms with Crippen molar-refractivity contribution >= 4 is 54.7 Å². The van der Waals surface area contributed by atoms with Crippen molar-refractivity contribution in [3.8, 4) is 23.2 Å². The van der Waals surface area contributed by atoms with Gasteiger partial charge in [-0.15, -0.1) is 11.3 Å². The molecule has 5 fully saturated rings. The molecule has 14 heteroatoms. The molecular weight excluding hydrogens is 675 g/mol. The summed E-state index contributed by atoms with van der Waals surface area (Å²) >= 11 is 7.86. The highest BCUT2D eigenvalue weighted by Gasteiger charge is 2.50. The van der Waals surface area contributed by atoms with E-state index in [0.717, 1.165) is 63.2 Å². The summed E-state index contributed by atoms with van der Waals surface area (Å²) in [5.74, 6) is -0.758. The van der Waals surface area contributed by atoms with Crippen molar-refractivity contribution in [3.63, 3.8) is 0 Å². The van der Waals surface area contributed by atoms with Gasteiger partial charge in [-0.05, 0) is 56.3 Å². The maximum absolute atomic E-state index is 17.1. The van der Waals surface area contributed by atoms with Crippen LogP contribution >= 0.6 is 22.9 Å². The molecule has 1 unspecified atom stereocenters. The van der Waals surface area contributed by atoms with E-state index in [-0.39, 0.29) is 54.9 Å². The van der Waals surface area contributed by atoms with Crippen molar-refractivity contribution in [2.45, 2.75) is 68.4 Å². The zero-order valence-corrected chi connectivity index (χ0v) is 28.3. The first-order valence-corrected chi connectivity index (χ1v) is 18.2. The molecule has 4 aromatic rings. The predicted octanol–water partition coefficient (Wildman–Crippen LogP) is 6.29. The van der Waals surface area contributed by atoms with Crippen molar-refractivity contribution in [3.05, 3.63) is 40.4 Å². The first-order valence-electron chi connectivity index (χ1n) is 17.0. The number of piperazine rings is 1. The Bertz CT molecular complexity index is 2020. The monoisotopic (exact) mass is 709 g/mol. The number of nitriles is 1. The fraction of sp³-hybridized carbons (Fsp3) is 0.514. The minimum absolute atomic E-state index is 0.00752. The van der Waals surface area contributed by atoms with Crippen LogP contribution in [-0.2, 0) is 4.74 Å². The van der Waals surface area contributed by atoms with E-state index in [1.165, 1.54) is 12.1 Å². The van der Waals surface area contributed by atoms with Gasteiger partial charge in [0.25, 0.3) is 0 Å². The maximum Gasteiger partial charge on any atom is 0.319 e. The van der Waals surface area contributed by atoms with Crippen molar-refractivity contribution in [1.82, 2.24) is 19.8 Å². The topological polar surface area (TPSA) is 104 Å². The second-order valence-corrected chi connectivity index (χ2v) is 15.6. The summed E-state index contributed by atoms with van der Waals surface area (Å²) in [5, 5.41) is 10.8. The van der Waals surface area contributed by atoms with Crippen molar-refractivity contribution in [1.29, 1.82) is 5.26 Å². The highest BCUT2D eigenvalue weighted by Crippen LogP contribution is 2.47. The van der Waals surface area contributed by atoms with E-state index < -0.39 is 23.3 Å². The van der Waals surface area contributed by atoms with Gasteiger partial charge in [-0.2, -0.15) is 15.2 Å². The number of nitrogens with two attached hydrogens (primary N) is 1. The van der Waals surface area contributed by atoms with Crippen LogP contribution in [0.2, 0.25) is 5.02 Å². The number of rotatable bonds is 6. The van der Waals surface area contributed by atoms with Crippen LogP contribution in [0.3, 0.4) is 0 Å². The summed E-state index contributed by atoms with van der Waals surface area (Å²) in [7, 11) is 0. The average molecular weight is 710 g/mol. The molecule has 49 heavy (non-hydrogen) atoms. The number of fused-ring (bicyclic) bond motifs is 5. The molecule has 5 atom stereocenters. The smallest absolute Gasteiger partial charge is 0.319 e. The van der Waals surface area contributed by atoms with Crippen molar-refractivity contribution in [2.24, 2.45) is 0 Å². The van der Waals surface area contributed by atoms with Crippen LogP contribution < -0.4 is 15.4 Å². The molecule has 7 heterocycles. The SMILES string of the molecule is N#Cc1c(N)sc2c(F)ccc(-c3c(Cl)cc4c(N5C[C@H]6CC[C@@H](C5)N6C5CCOC5)nc(OC[C@@]56CCCN5C[C@H](F)C6)nc4c3F)c12. The molecule has 5 saturated heterocycles. The van der Waals surface area contributed by atoms with E-state index in [1.54, 1.807) is 6.07 Å². The Kier molecular flexibility index (Phi) is 7.63. The average Bonchev–Trinajstić information content (AvgIpc) is 3.90. The van der Waals surface area contributed by atoms with Gasteiger partial charge < -0.3 is 20.1 Å². The second kappa shape index (κ2) is 11.8. The Morgan fingerprint density at radius 3 is 2.71 bits per heavy atom. The minimum Gasteiger partial charge on any atom is -0.461 e. The van der Waals surface area contributed by atoms with Crippen LogP contribution in [0.25, 0.3) is 32.1 Å². The van der Waals surface area contributed by atoms with Gasteiger partial charge in [-0.1, -0.05) is 17.7 Å². The van der Waals surface area contributed by atoms with E-state index in [2.05, 4.69) is 25.8 Å². The molecule has 256 valence electrons. The number of hydrogen-bond acceptors (Lipinski definition) is 10. The van der Waals surface area contributed by atoms with Gasteiger partial charge in [0.05, 0.1) is 27.4 Å². The van der Waals surface area contributed by atoms with E-state index in [9.17, 15) is 14.0 Å². The molecule has 0 aliphatic carbocycles. The number of anilines is 2. The predicted molar refractivity (Wildman–Crippen MR) is 183 cm³/mol. The summed E-state index contributed by atoms with van der Waals surface area (Å²) in [6, 6.07) is 7.37. The quantitative estimate of drug-likeness (QED) is 0.247. The third-order valence-electron chi connectivity index (χ3n) is 11.4. The number of ether oxygens (including phenoxy) is 2. The van der Waals surface area contributed by atoms with Crippen molar-refractivity contribution < 1.29 is 22.6 Å². The molecule has 9 rings (SSSR count). The van der Waals surface area contributed by atoms with Crippen LogP contribution in [0.4, 0.5) is 24.0 Å². The molecular formula is C35H35ClF3N7O2S. The van der Waals surface area contributed by atoms with Crippen LogP contribution in [0.1, 0.15) is 44.1 Å². The van der Waals surface area contributed by atoms with Crippen LogP contribution in [0.15, 0.2) is 18.2 Å². The number of thiophene rings is 1. The summed E-state index contributed by atoms with van der Waals surface area (Å²) in [4.78, 5) is 16.5. The Morgan fingerprint density at radius 2 is 1.96 bits per heavy atom. The highest BCUT2D eigenvalue weighted by atomic mass is 35.5. The number of hydrogen-bond donors (Lipinski definition) is 1. The lowest BCUT2D eigenvalue weighted by molar-refractivity contribution is 0.0916. The molecule has 2 aromatic heterocycles. The Morgan fingerprint density at radius 1 is 1.14 bits per heavy atom. The Balaban J connectivity index is 1.17. The largest absolute Gasteiger partial charge is 0.461 e. The summed E-state index contributed by atoms with van der Waals surface area (Å²) < 4.78 is 58.8. The lowest BCUT2D eigenvalue weighted by Crippen LogP contribution is -2.57. The van der Waals surface area contributed by atoms with Crippen molar-refractivity contribution in [2.75, 3.05) is 56.6 Å². The highest BCUT2D eigenvalue weighted by molar-refractivity contribution is 7.23. The third kappa shape index (κ3) is 4.97. The zero-order chi connectivity index (χ0) is 33.6. The Hall–Kier alpha value is -3.41. The van der Waals surface area contributed by atoms with Gasteiger partial charge in [0.2, 0.25) is 0 Å². The van der Waals surface area contributed by atoms with Gasteiger partial charge in [0, 0.05) is 67.1 Å². The fourth-order valence-electron chi connectivity index (χ4n) is 9.33. The van der Waals surface area contributed by atoms with Gasteiger partial charge in [-0.25, -0.2) is 13.2 Å². The van der Waals surface area contributed by atoms with Gasteiger partial charge in [0.15, 0.2) is 5.82 Å². The maximum atomic E-state index is 17.1. The first kappa shape index (κ1) is 31.6. The number of aromatic nitrogens is 2. The van der Waals surface area contributed by atoms with Gasteiger partial charge in [0.1, 0.15) is 41.0 Å². The Labute approximate surface area is 290 Å². The molecule has 2 N–H and O–H groups in total. The summed E-state index contributed by atoms with van der Waals surface area (Å²) in [6.07, 6.45) is 4.35. The van der Waals surface area contributed by atoms with E-state index in [1.807, 2.05) is 0 Å². The molecule has 0 saturated carbocycles. The third-order valence-corrected chi connectivity index (χ3v) is 12.8. The van der Waals surface area contributed by atoms with E-state index >= 15 is 4.39 Å². The van der Waals surface area contributed by atoms with Crippen LogP contribution in [0, 0.1) is 23.0 Å². The number of halogens is 4. The number of alkyl halides is 1. The standard InChI is InChI=1S/C35H35ClF3N7O2S/c36-25-10-23-30(29(39)28(25)22-4-5-26(38)31-27(22)24(12-40)32(41)49-31)42-34(48-17-35-7-1-8-45(35)13-18(37)11-35)43-33(23)44-14-19-2-3-20(15-44)46(19)21-6-9-47-16-21/h4-5,10,18-21H,1-3,6-9,11,13-17,41H2/t18-,19-,20+,21?,35+/m1/s1. The van der Waals surface area contributed by atoms with E-state index in [0.29, 0.717) is 55.4 Å².